The highest BCUT2D eigenvalue weighted by atomic mass is 16.5. The van der Waals surface area contributed by atoms with Crippen molar-refractivity contribution < 1.29 is 29.0 Å². The van der Waals surface area contributed by atoms with Crippen molar-refractivity contribution in [2.75, 3.05) is 13.2 Å². The maximum atomic E-state index is 11.7. The van der Waals surface area contributed by atoms with Gasteiger partial charge in [-0.2, -0.15) is 0 Å². The number of ether oxygens (including phenoxy) is 2. The Bertz CT molecular complexity index is 715. The molecule has 1 aliphatic rings. The Morgan fingerprint density at radius 3 is 2.40 bits per heavy atom. The average molecular weight is 280 g/mol. The minimum atomic E-state index is -0.864. The number of aromatic hydroxyl groups is 1. The van der Waals surface area contributed by atoms with Gasteiger partial charge >= 0.3 is 11.9 Å². The first kappa shape index (κ1) is 13.8. The third-order valence-corrected chi connectivity index (χ3v) is 2.59. The van der Waals surface area contributed by atoms with Gasteiger partial charge in [-0.1, -0.05) is 0 Å². The van der Waals surface area contributed by atoms with E-state index in [1.807, 2.05) is 0 Å². The normalized spacial score (nSPS) is 12.9. The largest absolute Gasteiger partial charge is 0.494 e. The van der Waals surface area contributed by atoms with Crippen LogP contribution in [0.2, 0.25) is 0 Å². The highest BCUT2D eigenvalue weighted by molar-refractivity contribution is 6.39. The van der Waals surface area contributed by atoms with E-state index in [9.17, 15) is 19.5 Å². The Hall–Kier alpha value is -2.64. The molecule has 0 spiro atoms. The molecule has 1 amide bonds. The number of amides is 1. The van der Waals surface area contributed by atoms with Gasteiger partial charge in [0.2, 0.25) is 5.88 Å². The summed E-state index contributed by atoms with van der Waals surface area (Å²) in [6.45, 7) is 3.37. The van der Waals surface area contributed by atoms with Gasteiger partial charge < -0.3 is 19.6 Å². The molecule has 8 heteroatoms. The summed E-state index contributed by atoms with van der Waals surface area (Å²) in [6, 6.07) is 0. The van der Waals surface area contributed by atoms with Gasteiger partial charge in [0.1, 0.15) is 10.9 Å². The van der Waals surface area contributed by atoms with Crippen molar-refractivity contribution in [3.8, 4) is 5.88 Å². The van der Waals surface area contributed by atoms with Crippen LogP contribution >= 0.6 is 0 Å². The van der Waals surface area contributed by atoms with Gasteiger partial charge in [0.15, 0.2) is 5.57 Å². The van der Waals surface area contributed by atoms with Crippen LogP contribution < -0.4 is 10.7 Å². The molecule has 0 aliphatic carbocycles. The zero-order valence-electron chi connectivity index (χ0n) is 10.8. The molecule has 1 aliphatic heterocycles. The van der Waals surface area contributed by atoms with Gasteiger partial charge in [0, 0.05) is 0 Å². The second-order valence-electron chi connectivity index (χ2n) is 3.81. The van der Waals surface area contributed by atoms with E-state index in [1.54, 1.807) is 13.8 Å². The molecule has 0 unspecified atom stereocenters. The molecule has 8 nitrogen and oxygen atoms in total. The molecule has 1 aromatic heterocycles. The van der Waals surface area contributed by atoms with Crippen molar-refractivity contribution >= 4 is 23.4 Å². The van der Waals surface area contributed by atoms with E-state index < -0.39 is 23.7 Å². The molecule has 0 saturated carbocycles. The highest BCUT2D eigenvalue weighted by Gasteiger charge is 2.31. The fourth-order valence-electron chi connectivity index (χ4n) is 1.82. The second kappa shape index (κ2) is 5.16. The van der Waals surface area contributed by atoms with Crippen molar-refractivity contribution in [1.82, 2.24) is 4.98 Å². The summed E-state index contributed by atoms with van der Waals surface area (Å²) in [7, 11) is 0. The van der Waals surface area contributed by atoms with E-state index in [2.05, 4.69) is 9.98 Å². The lowest BCUT2D eigenvalue weighted by Gasteiger charge is -1.99. The van der Waals surface area contributed by atoms with Crippen molar-refractivity contribution in [2.45, 2.75) is 13.8 Å². The van der Waals surface area contributed by atoms with Gasteiger partial charge in [-0.15, -0.1) is 0 Å². The molecule has 2 N–H and O–H groups in total. The minimum Gasteiger partial charge on any atom is -0.494 e. The smallest absolute Gasteiger partial charge is 0.346 e. The van der Waals surface area contributed by atoms with Gasteiger partial charge in [0.25, 0.3) is 5.91 Å². The number of aromatic amines is 1. The Balaban J connectivity index is 2.63. The quantitative estimate of drug-likeness (QED) is 0.667. The van der Waals surface area contributed by atoms with E-state index in [-0.39, 0.29) is 35.1 Å². The van der Waals surface area contributed by atoms with Crippen molar-refractivity contribution in [1.29, 1.82) is 0 Å². The molecule has 0 bridgehead atoms. The van der Waals surface area contributed by atoms with E-state index in [4.69, 9.17) is 9.47 Å². The predicted molar refractivity (Wildman–Crippen MR) is 64.2 cm³/mol. The molecule has 2 rings (SSSR count). The fourth-order valence-corrected chi connectivity index (χ4v) is 1.82. The third kappa shape index (κ3) is 2.04. The Morgan fingerprint density at radius 1 is 1.20 bits per heavy atom. The van der Waals surface area contributed by atoms with Gasteiger partial charge in [0.05, 0.1) is 18.6 Å². The fraction of sp³-hybridized carbons (Fsp3) is 0.333. The van der Waals surface area contributed by atoms with Crippen molar-refractivity contribution in [2.24, 2.45) is 4.99 Å². The summed E-state index contributed by atoms with van der Waals surface area (Å²) >= 11 is 0. The lowest BCUT2D eigenvalue weighted by Crippen LogP contribution is -2.28. The third-order valence-electron chi connectivity index (χ3n) is 2.59. The Kier molecular flexibility index (Phi) is 3.55. The molecule has 0 radical (unpaired) electrons. The van der Waals surface area contributed by atoms with Gasteiger partial charge in [-0.05, 0) is 13.8 Å². The number of nitrogens with zero attached hydrogens (tertiary/aromatic N) is 1. The maximum absolute atomic E-state index is 11.7. The van der Waals surface area contributed by atoms with Crippen LogP contribution in [-0.4, -0.2) is 41.2 Å². The summed E-state index contributed by atoms with van der Waals surface area (Å²) in [5, 5.41) is 9.56. The summed E-state index contributed by atoms with van der Waals surface area (Å²) in [5.74, 6) is -3.03. The average Bonchev–Trinajstić information content (AvgIpc) is 2.82. The summed E-state index contributed by atoms with van der Waals surface area (Å²) in [5.41, 5.74) is -0.609. The molecule has 2 heterocycles. The molecule has 1 aromatic rings. The predicted octanol–water partition coefficient (Wildman–Crippen LogP) is -1.23. The number of H-pyrrole nitrogens is 1. The number of fused-ring (bicyclic) bond motifs is 1. The molecular weight excluding hydrogens is 268 g/mol. The number of aromatic nitrogens is 1. The highest BCUT2D eigenvalue weighted by Crippen LogP contribution is 2.12. The maximum Gasteiger partial charge on any atom is 0.346 e. The zero-order chi connectivity index (χ0) is 14.9. The monoisotopic (exact) mass is 280 g/mol. The number of carbonyl (C=O) groups excluding carboxylic acids is 3. The van der Waals surface area contributed by atoms with Crippen LogP contribution in [0.25, 0.3) is 5.57 Å². The van der Waals surface area contributed by atoms with Crippen molar-refractivity contribution in [3.63, 3.8) is 0 Å². The zero-order valence-corrected chi connectivity index (χ0v) is 10.8. The summed E-state index contributed by atoms with van der Waals surface area (Å²) in [6.07, 6.45) is 0. The van der Waals surface area contributed by atoms with Crippen LogP contribution in [0.4, 0.5) is 0 Å². The van der Waals surface area contributed by atoms with Crippen LogP contribution in [0.1, 0.15) is 24.2 Å². The first-order chi connectivity index (χ1) is 9.51. The lowest BCUT2D eigenvalue weighted by atomic mass is 10.2. The number of hydrogen-bond donors (Lipinski definition) is 2. The number of hydrogen-bond acceptors (Lipinski definition) is 6. The first-order valence-corrected chi connectivity index (χ1v) is 5.93. The number of nitrogens with one attached hydrogen (secondary N) is 1. The summed E-state index contributed by atoms with van der Waals surface area (Å²) in [4.78, 5) is 41.0. The van der Waals surface area contributed by atoms with E-state index in [1.165, 1.54) is 0 Å². The molecule has 20 heavy (non-hydrogen) atoms. The molecule has 0 fully saturated rings. The van der Waals surface area contributed by atoms with E-state index >= 15 is 0 Å². The molecular formula is C12H12N2O6. The topological polar surface area (TPSA) is 118 Å². The lowest BCUT2D eigenvalue weighted by molar-refractivity contribution is -0.137. The van der Waals surface area contributed by atoms with E-state index in [0.29, 0.717) is 0 Å². The van der Waals surface area contributed by atoms with E-state index in [0.717, 1.165) is 0 Å². The number of esters is 2. The standard InChI is InChI=1S/C12H12N2O6/c1-3-19-11(17)5-7-8(14-9(5)15)6(10(16)13-7)12(18)20-4-2/h13,16H,3-4H2,1-2H3. The second-order valence-corrected chi connectivity index (χ2v) is 3.81. The molecule has 106 valence electrons. The number of carbonyl (C=O) groups is 3. The molecule has 0 saturated heterocycles. The summed E-state index contributed by atoms with van der Waals surface area (Å²) < 4.78 is 9.49. The van der Waals surface area contributed by atoms with Crippen LogP contribution in [0, 0.1) is 0 Å². The first-order valence-electron chi connectivity index (χ1n) is 5.93. The Morgan fingerprint density at radius 2 is 1.80 bits per heavy atom. The van der Waals surface area contributed by atoms with Gasteiger partial charge in [-0.3, -0.25) is 4.79 Å². The SMILES string of the molecule is CCOC(=O)C1=c2[nH]c(O)c(C(=O)OCC)c2=NC1=O. The van der Waals surface area contributed by atoms with Crippen LogP contribution in [0.15, 0.2) is 4.99 Å². The van der Waals surface area contributed by atoms with Crippen molar-refractivity contribution in [3.05, 3.63) is 16.3 Å². The molecule has 0 aromatic carbocycles. The number of rotatable bonds is 4. The molecule has 0 atom stereocenters. The van der Waals surface area contributed by atoms with Crippen LogP contribution in [0.5, 0.6) is 5.88 Å². The minimum absolute atomic E-state index is 0.0333. The van der Waals surface area contributed by atoms with Crippen LogP contribution in [-0.2, 0) is 19.1 Å². The Labute approximate surface area is 112 Å². The van der Waals surface area contributed by atoms with Gasteiger partial charge in [-0.25, -0.2) is 14.6 Å². The van der Waals surface area contributed by atoms with Crippen LogP contribution in [0.3, 0.4) is 0 Å².